The van der Waals surface area contributed by atoms with E-state index >= 15 is 0 Å². The molecule has 106 valence electrons. The Morgan fingerprint density at radius 2 is 2.45 bits per heavy atom. The number of carbonyl (C=O) groups is 1. The summed E-state index contributed by atoms with van der Waals surface area (Å²) in [5.74, 6) is -0.118. The number of aliphatic hydroxyl groups excluding tert-OH is 1. The van der Waals surface area contributed by atoms with Crippen molar-refractivity contribution in [2.24, 2.45) is 5.41 Å². The number of amides is 1. The Balaban J connectivity index is 1.78. The largest absolute Gasteiger partial charge is 0.396 e. The van der Waals surface area contributed by atoms with Gasteiger partial charge >= 0.3 is 0 Å². The van der Waals surface area contributed by atoms with E-state index in [9.17, 15) is 9.90 Å². The van der Waals surface area contributed by atoms with Gasteiger partial charge in [-0.1, -0.05) is 13.3 Å². The molecule has 1 amide bonds. The SMILES string of the molecule is CC1(CO)CCCC1NC(=O)c1ccc2nncn2c1. The molecule has 0 radical (unpaired) electrons. The average Bonchev–Trinajstić information content (AvgIpc) is 3.05. The number of rotatable bonds is 3. The Morgan fingerprint density at radius 1 is 1.60 bits per heavy atom. The molecular formula is C14H18N4O2. The minimum atomic E-state index is -0.212. The first-order valence-corrected chi connectivity index (χ1v) is 6.83. The summed E-state index contributed by atoms with van der Waals surface area (Å²) in [6.45, 7) is 2.12. The number of pyridine rings is 1. The van der Waals surface area contributed by atoms with Crippen LogP contribution in [0.15, 0.2) is 24.7 Å². The standard InChI is InChI=1S/C14H18N4O2/c1-14(8-19)6-2-3-11(14)16-13(20)10-4-5-12-17-15-9-18(12)7-10/h4-5,7,9,11,19H,2-3,6,8H2,1H3,(H,16,20). The summed E-state index contributed by atoms with van der Waals surface area (Å²) in [6.07, 6.45) is 6.18. The van der Waals surface area contributed by atoms with E-state index in [1.807, 2.05) is 6.92 Å². The smallest absolute Gasteiger partial charge is 0.253 e. The average molecular weight is 274 g/mol. The zero-order valence-corrected chi connectivity index (χ0v) is 11.4. The van der Waals surface area contributed by atoms with Gasteiger partial charge in [-0.15, -0.1) is 10.2 Å². The maximum absolute atomic E-state index is 12.3. The summed E-state index contributed by atoms with van der Waals surface area (Å²) in [4.78, 5) is 12.3. The van der Waals surface area contributed by atoms with Crippen molar-refractivity contribution in [1.82, 2.24) is 19.9 Å². The Hall–Kier alpha value is -1.95. The molecule has 2 unspecified atom stereocenters. The Morgan fingerprint density at radius 3 is 3.25 bits per heavy atom. The van der Waals surface area contributed by atoms with Crippen LogP contribution in [0.5, 0.6) is 0 Å². The number of nitrogens with one attached hydrogen (secondary N) is 1. The summed E-state index contributed by atoms with van der Waals surface area (Å²) >= 11 is 0. The van der Waals surface area contributed by atoms with Crippen molar-refractivity contribution in [3.8, 4) is 0 Å². The quantitative estimate of drug-likeness (QED) is 0.875. The van der Waals surface area contributed by atoms with Crippen molar-refractivity contribution in [1.29, 1.82) is 0 Å². The minimum Gasteiger partial charge on any atom is -0.396 e. The van der Waals surface area contributed by atoms with Gasteiger partial charge in [0.15, 0.2) is 5.65 Å². The van der Waals surface area contributed by atoms with Crippen molar-refractivity contribution in [3.05, 3.63) is 30.2 Å². The van der Waals surface area contributed by atoms with Crippen LogP contribution in [0.4, 0.5) is 0 Å². The molecule has 1 aliphatic rings. The summed E-state index contributed by atoms with van der Waals surface area (Å²) in [6, 6.07) is 3.53. The van der Waals surface area contributed by atoms with Crippen molar-refractivity contribution in [3.63, 3.8) is 0 Å². The second-order valence-corrected chi connectivity index (χ2v) is 5.74. The van der Waals surface area contributed by atoms with Crippen molar-refractivity contribution < 1.29 is 9.90 Å². The highest BCUT2D eigenvalue weighted by Gasteiger charge is 2.39. The van der Waals surface area contributed by atoms with E-state index < -0.39 is 0 Å². The van der Waals surface area contributed by atoms with Crippen LogP contribution in [0, 0.1) is 5.41 Å². The van der Waals surface area contributed by atoms with Gasteiger partial charge in [0.2, 0.25) is 0 Å². The van der Waals surface area contributed by atoms with Gasteiger partial charge in [0, 0.05) is 17.7 Å². The first-order valence-electron chi connectivity index (χ1n) is 6.83. The van der Waals surface area contributed by atoms with E-state index in [0.717, 1.165) is 19.3 Å². The molecule has 2 N–H and O–H groups in total. The van der Waals surface area contributed by atoms with Gasteiger partial charge in [0.1, 0.15) is 6.33 Å². The van der Waals surface area contributed by atoms with Gasteiger partial charge < -0.3 is 10.4 Å². The lowest BCUT2D eigenvalue weighted by molar-refractivity contribution is 0.0830. The molecular weight excluding hydrogens is 256 g/mol. The summed E-state index contributed by atoms with van der Waals surface area (Å²) in [7, 11) is 0. The van der Waals surface area contributed by atoms with Crippen LogP contribution >= 0.6 is 0 Å². The third-order valence-corrected chi connectivity index (χ3v) is 4.30. The molecule has 6 heteroatoms. The number of aliphatic hydroxyl groups is 1. The molecule has 0 aliphatic heterocycles. The van der Waals surface area contributed by atoms with E-state index in [0.29, 0.717) is 11.2 Å². The Labute approximate surface area is 116 Å². The number of nitrogens with zero attached hydrogens (tertiary/aromatic N) is 3. The third kappa shape index (κ3) is 2.16. The van der Waals surface area contributed by atoms with Gasteiger partial charge in [-0.3, -0.25) is 9.20 Å². The van der Waals surface area contributed by atoms with Crippen LogP contribution in [0.25, 0.3) is 5.65 Å². The van der Waals surface area contributed by atoms with Crippen LogP contribution in [-0.2, 0) is 0 Å². The summed E-state index contributed by atoms with van der Waals surface area (Å²) in [5, 5.41) is 20.3. The number of fused-ring (bicyclic) bond motifs is 1. The number of carbonyl (C=O) groups excluding carboxylic acids is 1. The predicted molar refractivity (Wildman–Crippen MR) is 73.3 cm³/mol. The van der Waals surface area contributed by atoms with Crippen molar-refractivity contribution in [2.75, 3.05) is 6.61 Å². The highest BCUT2D eigenvalue weighted by Crippen LogP contribution is 2.37. The molecule has 20 heavy (non-hydrogen) atoms. The predicted octanol–water partition coefficient (Wildman–Crippen LogP) is 1.01. The van der Waals surface area contributed by atoms with E-state index in [1.54, 1.807) is 29.1 Å². The summed E-state index contributed by atoms with van der Waals surface area (Å²) < 4.78 is 1.72. The lowest BCUT2D eigenvalue weighted by atomic mass is 9.85. The maximum Gasteiger partial charge on any atom is 0.253 e. The lowest BCUT2D eigenvalue weighted by Gasteiger charge is -2.30. The monoisotopic (exact) mass is 274 g/mol. The number of aromatic nitrogens is 3. The second kappa shape index (κ2) is 4.86. The molecule has 2 aromatic rings. The first-order chi connectivity index (χ1) is 9.62. The van der Waals surface area contributed by atoms with Gasteiger partial charge in [0.05, 0.1) is 12.2 Å². The molecule has 0 aromatic carbocycles. The molecule has 1 fully saturated rings. The highest BCUT2D eigenvalue weighted by molar-refractivity contribution is 5.94. The molecule has 0 saturated heterocycles. The fourth-order valence-electron chi connectivity index (χ4n) is 2.87. The fourth-order valence-corrected chi connectivity index (χ4v) is 2.87. The minimum absolute atomic E-state index is 0.0246. The Bertz CT molecular complexity index is 639. The van der Waals surface area contributed by atoms with Crippen LogP contribution in [0.3, 0.4) is 0 Å². The zero-order valence-electron chi connectivity index (χ0n) is 11.4. The van der Waals surface area contributed by atoms with Crippen LogP contribution in [-0.4, -0.2) is 38.3 Å². The van der Waals surface area contributed by atoms with Gasteiger partial charge in [-0.25, -0.2) is 0 Å². The second-order valence-electron chi connectivity index (χ2n) is 5.74. The van der Waals surface area contributed by atoms with E-state index in [4.69, 9.17) is 0 Å². The Kier molecular flexibility index (Phi) is 3.17. The van der Waals surface area contributed by atoms with Gasteiger partial charge in [-0.2, -0.15) is 0 Å². The molecule has 2 aromatic heterocycles. The van der Waals surface area contributed by atoms with E-state index in [2.05, 4.69) is 15.5 Å². The zero-order chi connectivity index (χ0) is 14.2. The molecule has 1 aliphatic carbocycles. The van der Waals surface area contributed by atoms with Crippen molar-refractivity contribution in [2.45, 2.75) is 32.2 Å². The topological polar surface area (TPSA) is 79.5 Å². The lowest BCUT2D eigenvalue weighted by Crippen LogP contribution is -2.44. The molecule has 0 bridgehead atoms. The fraction of sp³-hybridized carbons (Fsp3) is 0.500. The molecule has 2 atom stereocenters. The third-order valence-electron chi connectivity index (χ3n) is 4.30. The van der Waals surface area contributed by atoms with Crippen molar-refractivity contribution >= 4 is 11.6 Å². The van der Waals surface area contributed by atoms with E-state index in [-0.39, 0.29) is 24.0 Å². The first kappa shape index (κ1) is 13.1. The molecule has 1 saturated carbocycles. The van der Waals surface area contributed by atoms with Gasteiger partial charge in [-0.05, 0) is 25.0 Å². The number of hydrogen-bond donors (Lipinski definition) is 2. The molecule has 3 rings (SSSR count). The maximum atomic E-state index is 12.3. The van der Waals surface area contributed by atoms with Crippen LogP contribution in [0.2, 0.25) is 0 Å². The van der Waals surface area contributed by atoms with Gasteiger partial charge in [0.25, 0.3) is 5.91 Å². The van der Waals surface area contributed by atoms with Crippen LogP contribution < -0.4 is 5.32 Å². The molecule has 6 nitrogen and oxygen atoms in total. The van der Waals surface area contributed by atoms with E-state index in [1.165, 1.54) is 0 Å². The molecule has 2 heterocycles. The molecule has 0 spiro atoms. The van der Waals surface area contributed by atoms with Crippen LogP contribution in [0.1, 0.15) is 36.5 Å². The summed E-state index contributed by atoms with van der Waals surface area (Å²) in [5.41, 5.74) is 1.07. The normalized spacial score (nSPS) is 26.0. The number of hydrogen-bond acceptors (Lipinski definition) is 4. The highest BCUT2D eigenvalue weighted by atomic mass is 16.3.